The second-order valence-electron chi connectivity index (χ2n) is 5.36. The van der Waals surface area contributed by atoms with E-state index >= 15 is 0 Å². The van der Waals surface area contributed by atoms with Crippen LogP contribution >= 0.6 is 0 Å². The summed E-state index contributed by atoms with van der Waals surface area (Å²) < 4.78 is 15.7. The van der Waals surface area contributed by atoms with Crippen molar-refractivity contribution in [2.24, 2.45) is 0 Å². The number of carbonyl (C=O) groups is 2. The highest BCUT2D eigenvalue weighted by molar-refractivity contribution is 6.08. The second-order valence-corrected chi connectivity index (χ2v) is 5.36. The van der Waals surface area contributed by atoms with Gasteiger partial charge in [0.15, 0.2) is 23.9 Å². The SMILES string of the molecule is COc1ccc(/C=C/C(=O)c2ccc3c(c2)NC(=O)CO3)cc1OC. The molecular formula is C19H17NO5. The molecule has 2 aromatic carbocycles. The molecule has 3 rings (SSSR count). The molecule has 0 radical (unpaired) electrons. The Morgan fingerprint density at radius 1 is 1.12 bits per heavy atom. The average Bonchev–Trinajstić information content (AvgIpc) is 2.65. The minimum absolute atomic E-state index is 0.0144. The first-order valence-corrected chi connectivity index (χ1v) is 7.62. The smallest absolute Gasteiger partial charge is 0.262 e. The van der Waals surface area contributed by atoms with Crippen LogP contribution in [0.1, 0.15) is 15.9 Å². The van der Waals surface area contributed by atoms with Gasteiger partial charge in [-0.25, -0.2) is 0 Å². The Morgan fingerprint density at radius 3 is 2.68 bits per heavy atom. The van der Waals surface area contributed by atoms with Crippen LogP contribution in [-0.4, -0.2) is 32.5 Å². The number of rotatable bonds is 5. The van der Waals surface area contributed by atoms with E-state index in [1.54, 1.807) is 50.6 Å². The number of carbonyl (C=O) groups excluding carboxylic acids is 2. The van der Waals surface area contributed by atoms with Crippen molar-refractivity contribution in [2.75, 3.05) is 26.1 Å². The first-order valence-electron chi connectivity index (χ1n) is 7.62. The van der Waals surface area contributed by atoms with Gasteiger partial charge in [-0.05, 0) is 42.0 Å². The molecule has 0 bridgehead atoms. The number of hydrogen-bond donors (Lipinski definition) is 1. The molecule has 0 fully saturated rings. The number of amides is 1. The summed E-state index contributed by atoms with van der Waals surface area (Å²) in [5, 5.41) is 2.69. The topological polar surface area (TPSA) is 73.9 Å². The van der Waals surface area contributed by atoms with E-state index in [0.29, 0.717) is 28.5 Å². The van der Waals surface area contributed by atoms with Gasteiger partial charge in [-0.1, -0.05) is 12.1 Å². The lowest BCUT2D eigenvalue weighted by molar-refractivity contribution is -0.118. The Kier molecular flexibility index (Phi) is 4.70. The molecule has 6 nitrogen and oxygen atoms in total. The molecule has 0 aromatic heterocycles. The van der Waals surface area contributed by atoms with Crippen molar-refractivity contribution >= 4 is 23.5 Å². The van der Waals surface area contributed by atoms with Crippen molar-refractivity contribution in [2.45, 2.75) is 0 Å². The van der Waals surface area contributed by atoms with E-state index < -0.39 is 0 Å². The van der Waals surface area contributed by atoms with Crippen LogP contribution in [0.2, 0.25) is 0 Å². The summed E-state index contributed by atoms with van der Waals surface area (Å²) in [6.45, 7) is -0.0144. The van der Waals surface area contributed by atoms with Crippen LogP contribution in [0.4, 0.5) is 5.69 Å². The fourth-order valence-electron chi connectivity index (χ4n) is 2.46. The first-order chi connectivity index (χ1) is 12.1. The highest BCUT2D eigenvalue weighted by Gasteiger charge is 2.17. The van der Waals surface area contributed by atoms with Gasteiger partial charge in [0.2, 0.25) is 0 Å². The zero-order valence-electron chi connectivity index (χ0n) is 13.9. The number of methoxy groups -OCH3 is 2. The van der Waals surface area contributed by atoms with Crippen molar-refractivity contribution in [1.29, 1.82) is 0 Å². The van der Waals surface area contributed by atoms with Crippen molar-refractivity contribution in [1.82, 2.24) is 0 Å². The fraction of sp³-hybridized carbons (Fsp3) is 0.158. The molecule has 1 N–H and O–H groups in total. The van der Waals surface area contributed by atoms with Crippen molar-refractivity contribution in [3.05, 3.63) is 53.6 Å². The van der Waals surface area contributed by atoms with Gasteiger partial charge >= 0.3 is 0 Å². The summed E-state index contributed by atoms with van der Waals surface area (Å²) in [5.41, 5.74) is 1.77. The van der Waals surface area contributed by atoms with E-state index in [1.807, 2.05) is 6.07 Å². The van der Waals surface area contributed by atoms with Crippen LogP contribution < -0.4 is 19.5 Å². The van der Waals surface area contributed by atoms with Crippen molar-refractivity contribution < 1.29 is 23.8 Å². The quantitative estimate of drug-likeness (QED) is 0.670. The van der Waals surface area contributed by atoms with Gasteiger partial charge in [0.25, 0.3) is 5.91 Å². The van der Waals surface area contributed by atoms with Crippen LogP contribution in [0.3, 0.4) is 0 Å². The zero-order chi connectivity index (χ0) is 17.8. The standard InChI is InChI=1S/C19H17NO5/c1-23-17-7-4-12(9-18(17)24-2)3-6-15(21)13-5-8-16-14(10-13)20-19(22)11-25-16/h3-10H,11H2,1-2H3,(H,20,22)/b6-3+. The van der Waals surface area contributed by atoms with E-state index in [-0.39, 0.29) is 18.3 Å². The van der Waals surface area contributed by atoms with Gasteiger partial charge in [-0.15, -0.1) is 0 Å². The molecule has 0 saturated carbocycles. The van der Waals surface area contributed by atoms with Crippen LogP contribution in [-0.2, 0) is 4.79 Å². The summed E-state index contributed by atoms with van der Waals surface area (Å²) in [7, 11) is 3.12. The largest absolute Gasteiger partial charge is 0.493 e. The predicted octanol–water partition coefficient (Wildman–Crippen LogP) is 2.93. The summed E-state index contributed by atoms with van der Waals surface area (Å²) >= 11 is 0. The number of nitrogens with one attached hydrogen (secondary N) is 1. The molecule has 0 unspecified atom stereocenters. The molecule has 1 amide bonds. The van der Waals surface area contributed by atoms with Crippen LogP contribution in [0.15, 0.2) is 42.5 Å². The van der Waals surface area contributed by atoms with Gasteiger partial charge in [0.1, 0.15) is 5.75 Å². The lowest BCUT2D eigenvalue weighted by Gasteiger charge is -2.17. The van der Waals surface area contributed by atoms with E-state index in [2.05, 4.69) is 5.32 Å². The molecule has 1 aliphatic rings. The molecule has 0 saturated heterocycles. The van der Waals surface area contributed by atoms with Crippen molar-refractivity contribution in [3.8, 4) is 17.2 Å². The second kappa shape index (κ2) is 7.09. The molecule has 1 heterocycles. The molecule has 0 aliphatic carbocycles. The number of benzene rings is 2. The molecule has 2 aromatic rings. The average molecular weight is 339 g/mol. The maximum absolute atomic E-state index is 12.4. The zero-order valence-corrected chi connectivity index (χ0v) is 13.9. The molecule has 0 spiro atoms. The minimum Gasteiger partial charge on any atom is -0.493 e. The number of allylic oxidation sites excluding steroid dienone is 1. The fourth-order valence-corrected chi connectivity index (χ4v) is 2.46. The Morgan fingerprint density at radius 2 is 1.92 bits per heavy atom. The van der Waals surface area contributed by atoms with Gasteiger partial charge in [0.05, 0.1) is 19.9 Å². The summed E-state index contributed by atoms with van der Waals surface area (Å²) in [4.78, 5) is 23.7. The Hall–Kier alpha value is -3.28. The molecular weight excluding hydrogens is 322 g/mol. The summed E-state index contributed by atoms with van der Waals surface area (Å²) in [6.07, 6.45) is 3.16. The molecule has 1 aliphatic heterocycles. The minimum atomic E-state index is -0.238. The van der Waals surface area contributed by atoms with Crippen molar-refractivity contribution in [3.63, 3.8) is 0 Å². The first kappa shape index (κ1) is 16.6. The predicted molar refractivity (Wildman–Crippen MR) is 93.5 cm³/mol. The molecule has 6 heteroatoms. The maximum Gasteiger partial charge on any atom is 0.262 e. The third kappa shape index (κ3) is 3.63. The van der Waals surface area contributed by atoms with E-state index in [4.69, 9.17) is 14.2 Å². The number of anilines is 1. The lowest BCUT2D eigenvalue weighted by atomic mass is 10.1. The maximum atomic E-state index is 12.4. The van der Waals surface area contributed by atoms with Gasteiger partial charge < -0.3 is 19.5 Å². The number of fused-ring (bicyclic) bond motifs is 1. The lowest BCUT2D eigenvalue weighted by Crippen LogP contribution is -2.25. The van der Waals surface area contributed by atoms with Gasteiger partial charge in [-0.2, -0.15) is 0 Å². The number of hydrogen-bond acceptors (Lipinski definition) is 5. The van der Waals surface area contributed by atoms with E-state index in [9.17, 15) is 9.59 Å². The van der Waals surface area contributed by atoms with Gasteiger partial charge in [-0.3, -0.25) is 9.59 Å². The number of ketones is 1. The third-order valence-electron chi connectivity index (χ3n) is 3.73. The summed E-state index contributed by atoms with van der Waals surface area (Å²) in [6, 6.07) is 10.3. The molecule has 0 atom stereocenters. The van der Waals surface area contributed by atoms with E-state index in [0.717, 1.165) is 5.56 Å². The summed E-state index contributed by atoms with van der Waals surface area (Å²) in [5.74, 6) is 1.34. The third-order valence-corrected chi connectivity index (χ3v) is 3.73. The Bertz CT molecular complexity index is 857. The molecule has 25 heavy (non-hydrogen) atoms. The van der Waals surface area contributed by atoms with Gasteiger partial charge in [0, 0.05) is 5.56 Å². The van der Waals surface area contributed by atoms with Crippen LogP contribution in [0, 0.1) is 0 Å². The van der Waals surface area contributed by atoms with Crippen LogP contribution in [0.5, 0.6) is 17.2 Å². The normalized spacial score (nSPS) is 13.0. The Balaban J connectivity index is 1.79. The molecule has 128 valence electrons. The monoisotopic (exact) mass is 339 g/mol. The highest BCUT2D eigenvalue weighted by Crippen LogP contribution is 2.29. The highest BCUT2D eigenvalue weighted by atomic mass is 16.5. The van der Waals surface area contributed by atoms with E-state index in [1.165, 1.54) is 6.08 Å². The number of ether oxygens (including phenoxy) is 3. The van der Waals surface area contributed by atoms with Crippen LogP contribution in [0.25, 0.3) is 6.08 Å². The Labute approximate surface area is 145 Å².